The Balaban J connectivity index is 1.50. The molecule has 1 fully saturated rings. The number of benzene rings is 2. The van der Waals surface area contributed by atoms with Gasteiger partial charge in [-0.15, -0.1) is 0 Å². The molecule has 0 atom stereocenters. The molecule has 27 heavy (non-hydrogen) atoms. The number of halogens is 2. The van der Waals surface area contributed by atoms with E-state index >= 15 is 0 Å². The zero-order valence-corrected chi connectivity index (χ0v) is 15.2. The van der Waals surface area contributed by atoms with E-state index in [1.807, 2.05) is 31.2 Å². The third-order valence-electron chi connectivity index (χ3n) is 4.91. The maximum absolute atomic E-state index is 13.3. The van der Waals surface area contributed by atoms with Crippen LogP contribution in [0.1, 0.15) is 34.3 Å². The smallest absolute Gasteiger partial charge is 0.253 e. The van der Waals surface area contributed by atoms with Crippen LogP contribution in [0.4, 0.5) is 8.78 Å². The summed E-state index contributed by atoms with van der Waals surface area (Å²) >= 11 is 0. The number of aryl methyl sites for hydroxylation is 1. The second-order valence-corrected chi connectivity index (χ2v) is 6.90. The summed E-state index contributed by atoms with van der Waals surface area (Å²) in [7, 11) is 0. The fourth-order valence-electron chi connectivity index (χ4n) is 3.20. The number of rotatable bonds is 4. The van der Waals surface area contributed by atoms with Crippen molar-refractivity contribution in [3.63, 3.8) is 0 Å². The molecule has 6 heteroatoms. The van der Waals surface area contributed by atoms with Gasteiger partial charge in [0.1, 0.15) is 0 Å². The van der Waals surface area contributed by atoms with Gasteiger partial charge in [-0.2, -0.15) is 0 Å². The second-order valence-electron chi connectivity index (χ2n) is 6.90. The average molecular weight is 372 g/mol. The van der Waals surface area contributed by atoms with E-state index in [-0.39, 0.29) is 23.3 Å². The van der Waals surface area contributed by atoms with Crippen LogP contribution in [0.5, 0.6) is 0 Å². The monoisotopic (exact) mass is 372 g/mol. The first-order chi connectivity index (χ1) is 12.9. The number of carbonyl (C=O) groups is 2. The molecule has 1 N–H and O–H groups in total. The van der Waals surface area contributed by atoms with Crippen molar-refractivity contribution in [3.05, 3.63) is 70.8 Å². The number of nitrogens with one attached hydrogen (secondary N) is 1. The van der Waals surface area contributed by atoms with E-state index < -0.39 is 11.6 Å². The molecule has 0 radical (unpaired) electrons. The van der Waals surface area contributed by atoms with Crippen LogP contribution in [-0.4, -0.2) is 29.8 Å². The molecule has 0 spiro atoms. The lowest BCUT2D eigenvalue weighted by Crippen LogP contribution is -2.43. The third kappa shape index (κ3) is 4.70. The molecule has 0 bridgehead atoms. The van der Waals surface area contributed by atoms with E-state index in [2.05, 4.69) is 5.32 Å². The summed E-state index contributed by atoms with van der Waals surface area (Å²) in [6.07, 6.45) is 1.10. The minimum absolute atomic E-state index is 0.0181. The van der Waals surface area contributed by atoms with Gasteiger partial charge >= 0.3 is 0 Å². The van der Waals surface area contributed by atoms with Crippen molar-refractivity contribution in [3.8, 4) is 0 Å². The first-order valence-electron chi connectivity index (χ1n) is 9.01. The van der Waals surface area contributed by atoms with Crippen LogP contribution in [0.25, 0.3) is 0 Å². The fourth-order valence-corrected chi connectivity index (χ4v) is 3.20. The number of amides is 2. The first kappa shape index (κ1) is 19.0. The molecule has 1 aliphatic rings. The zero-order chi connectivity index (χ0) is 19.4. The lowest BCUT2D eigenvalue weighted by atomic mass is 9.95. The first-order valence-corrected chi connectivity index (χ1v) is 9.01. The SMILES string of the molecule is Cc1ccc(CNC(=O)C2CCN(C(=O)c3ccc(F)c(F)c3)CC2)cc1. The van der Waals surface area contributed by atoms with Crippen LogP contribution in [0.3, 0.4) is 0 Å². The number of likely N-dealkylation sites (tertiary alicyclic amines) is 1. The maximum atomic E-state index is 13.3. The second kappa shape index (κ2) is 8.29. The van der Waals surface area contributed by atoms with Gasteiger partial charge in [0, 0.05) is 31.1 Å². The predicted octanol–water partition coefficient (Wildman–Crippen LogP) is 3.44. The van der Waals surface area contributed by atoms with Crippen molar-refractivity contribution in [2.24, 2.45) is 5.92 Å². The van der Waals surface area contributed by atoms with Crippen molar-refractivity contribution < 1.29 is 18.4 Å². The highest BCUT2D eigenvalue weighted by molar-refractivity contribution is 5.94. The highest BCUT2D eigenvalue weighted by Crippen LogP contribution is 2.20. The van der Waals surface area contributed by atoms with Crippen LogP contribution < -0.4 is 5.32 Å². The summed E-state index contributed by atoms with van der Waals surface area (Å²) < 4.78 is 26.3. The third-order valence-corrected chi connectivity index (χ3v) is 4.91. The summed E-state index contributed by atoms with van der Waals surface area (Å²) in [5.74, 6) is -2.52. The van der Waals surface area contributed by atoms with Crippen LogP contribution in [-0.2, 0) is 11.3 Å². The molecule has 1 saturated heterocycles. The predicted molar refractivity (Wildman–Crippen MR) is 98.0 cm³/mol. The molecule has 4 nitrogen and oxygen atoms in total. The lowest BCUT2D eigenvalue weighted by molar-refractivity contribution is -0.126. The molecule has 2 aromatic rings. The molecule has 2 amide bonds. The summed E-state index contributed by atoms with van der Waals surface area (Å²) in [5, 5.41) is 2.94. The summed E-state index contributed by atoms with van der Waals surface area (Å²) in [6, 6.07) is 11.1. The Bertz CT molecular complexity index is 829. The van der Waals surface area contributed by atoms with E-state index in [0.29, 0.717) is 32.5 Å². The van der Waals surface area contributed by atoms with Crippen molar-refractivity contribution in [2.75, 3.05) is 13.1 Å². The quantitative estimate of drug-likeness (QED) is 0.894. The molecule has 0 saturated carbocycles. The Labute approximate surface area is 157 Å². The van der Waals surface area contributed by atoms with Gasteiger partial charge in [0.2, 0.25) is 5.91 Å². The Morgan fingerprint density at radius 3 is 2.33 bits per heavy atom. The minimum Gasteiger partial charge on any atom is -0.352 e. The standard InChI is InChI=1S/C21H22F2N2O2/c1-14-2-4-15(5-3-14)13-24-20(26)16-8-10-25(11-9-16)21(27)17-6-7-18(22)19(23)12-17/h2-7,12,16H,8-11,13H2,1H3,(H,24,26). The normalized spacial score (nSPS) is 14.9. The Morgan fingerprint density at radius 2 is 1.70 bits per heavy atom. The molecule has 0 aromatic heterocycles. The van der Waals surface area contributed by atoms with Gasteiger partial charge in [-0.25, -0.2) is 8.78 Å². The van der Waals surface area contributed by atoms with E-state index in [1.165, 1.54) is 11.6 Å². The fraction of sp³-hybridized carbons (Fsp3) is 0.333. The van der Waals surface area contributed by atoms with Gasteiger partial charge in [-0.1, -0.05) is 29.8 Å². The topological polar surface area (TPSA) is 49.4 Å². The highest BCUT2D eigenvalue weighted by atomic mass is 19.2. The van der Waals surface area contributed by atoms with E-state index in [1.54, 1.807) is 4.90 Å². The maximum Gasteiger partial charge on any atom is 0.253 e. The van der Waals surface area contributed by atoms with Gasteiger partial charge in [0.15, 0.2) is 11.6 Å². The molecular formula is C21H22F2N2O2. The zero-order valence-electron chi connectivity index (χ0n) is 15.2. The van der Waals surface area contributed by atoms with Gasteiger partial charge in [-0.3, -0.25) is 9.59 Å². The largest absolute Gasteiger partial charge is 0.352 e. The van der Waals surface area contributed by atoms with Gasteiger partial charge in [0.25, 0.3) is 5.91 Å². The molecule has 3 rings (SSSR count). The van der Waals surface area contributed by atoms with Crippen LogP contribution in [0.2, 0.25) is 0 Å². The molecule has 0 aliphatic carbocycles. The number of piperidine rings is 1. The van der Waals surface area contributed by atoms with E-state index in [4.69, 9.17) is 0 Å². The van der Waals surface area contributed by atoms with Crippen LogP contribution in [0.15, 0.2) is 42.5 Å². The van der Waals surface area contributed by atoms with Crippen molar-refractivity contribution in [1.82, 2.24) is 10.2 Å². The molecular weight excluding hydrogens is 350 g/mol. The Morgan fingerprint density at radius 1 is 1.04 bits per heavy atom. The molecule has 0 unspecified atom stereocenters. The van der Waals surface area contributed by atoms with Crippen LogP contribution in [0, 0.1) is 24.5 Å². The van der Waals surface area contributed by atoms with Gasteiger partial charge in [0.05, 0.1) is 0 Å². The Hall–Kier alpha value is -2.76. The lowest BCUT2D eigenvalue weighted by Gasteiger charge is -2.31. The van der Waals surface area contributed by atoms with Crippen LogP contribution >= 0.6 is 0 Å². The molecule has 1 heterocycles. The summed E-state index contributed by atoms with van der Waals surface area (Å²) in [5.41, 5.74) is 2.33. The molecule has 1 aliphatic heterocycles. The number of hydrogen-bond donors (Lipinski definition) is 1. The highest BCUT2D eigenvalue weighted by Gasteiger charge is 2.28. The minimum atomic E-state index is -1.04. The Kier molecular flexibility index (Phi) is 5.84. The number of hydrogen-bond acceptors (Lipinski definition) is 2. The average Bonchev–Trinajstić information content (AvgIpc) is 2.69. The van der Waals surface area contributed by atoms with E-state index in [0.717, 1.165) is 17.7 Å². The number of carbonyl (C=O) groups excluding carboxylic acids is 2. The van der Waals surface area contributed by atoms with Crippen molar-refractivity contribution in [2.45, 2.75) is 26.3 Å². The van der Waals surface area contributed by atoms with Crippen molar-refractivity contribution >= 4 is 11.8 Å². The van der Waals surface area contributed by atoms with Gasteiger partial charge < -0.3 is 10.2 Å². The molecule has 2 aromatic carbocycles. The molecule has 142 valence electrons. The summed E-state index contributed by atoms with van der Waals surface area (Å²) in [6.45, 7) is 3.33. The van der Waals surface area contributed by atoms with Crippen molar-refractivity contribution in [1.29, 1.82) is 0 Å². The van der Waals surface area contributed by atoms with Gasteiger partial charge in [-0.05, 0) is 43.5 Å². The number of nitrogens with zero attached hydrogens (tertiary/aromatic N) is 1. The van der Waals surface area contributed by atoms with E-state index in [9.17, 15) is 18.4 Å². The summed E-state index contributed by atoms with van der Waals surface area (Å²) in [4.78, 5) is 26.4.